The largest absolute Gasteiger partial charge is 0.308 e. The first kappa shape index (κ1) is 15.0. The van der Waals surface area contributed by atoms with Crippen LogP contribution in [0.3, 0.4) is 0 Å². The Bertz CT molecular complexity index is 456. The summed E-state index contributed by atoms with van der Waals surface area (Å²) in [6.45, 7) is 13.8. The second-order valence-corrected chi connectivity index (χ2v) is 8.81. The van der Waals surface area contributed by atoms with Crippen LogP contribution in [0.25, 0.3) is 0 Å². The molecule has 1 aliphatic carbocycles. The summed E-state index contributed by atoms with van der Waals surface area (Å²) >= 11 is 1.83. The molecule has 0 spiro atoms. The summed E-state index contributed by atoms with van der Waals surface area (Å²) in [5, 5.41) is 7.13. The number of aromatic nitrogens is 1. The highest BCUT2D eigenvalue weighted by atomic mass is 32.1. The van der Waals surface area contributed by atoms with Crippen molar-refractivity contribution in [2.75, 3.05) is 7.05 Å². The van der Waals surface area contributed by atoms with E-state index in [0.29, 0.717) is 11.3 Å². The third-order valence-corrected chi connectivity index (χ3v) is 5.58. The predicted octanol–water partition coefficient (Wildman–Crippen LogP) is 4.31. The first-order valence-corrected chi connectivity index (χ1v) is 8.14. The van der Waals surface area contributed by atoms with Gasteiger partial charge in [-0.2, -0.15) is 0 Å². The van der Waals surface area contributed by atoms with E-state index in [1.165, 1.54) is 23.5 Å². The van der Waals surface area contributed by atoms with Crippen molar-refractivity contribution in [1.82, 2.24) is 10.3 Å². The molecule has 0 aliphatic heterocycles. The maximum atomic E-state index is 4.98. The molecular weight excluding hydrogens is 252 g/mol. The van der Waals surface area contributed by atoms with Crippen molar-refractivity contribution in [1.29, 1.82) is 0 Å². The lowest BCUT2D eigenvalue weighted by atomic mass is 9.86. The Morgan fingerprint density at radius 3 is 2.37 bits per heavy atom. The van der Waals surface area contributed by atoms with E-state index in [1.54, 1.807) is 0 Å². The number of hydrogen-bond donors (Lipinski definition) is 1. The molecule has 0 radical (unpaired) electrons. The molecule has 2 atom stereocenters. The van der Waals surface area contributed by atoms with Gasteiger partial charge in [0.15, 0.2) is 0 Å². The van der Waals surface area contributed by atoms with Crippen LogP contribution in [-0.2, 0) is 11.0 Å². The average molecular weight is 280 g/mol. The van der Waals surface area contributed by atoms with Crippen molar-refractivity contribution >= 4 is 11.3 Å². The minimum absolute atomic E-state index is 0.0671. The van der Waals surface area contributed by atoms with Gasteiger partial charge in [0.1, 0.15) is 5.01 Å². The van der Waals surface area contributed by atoms with E-state index in [1.807, 2.05) is 11.3 Å². The Balaban J connectivity index is 2.40. The molecule has 1 aromatic rings. The first-order valence-electron chi connectivity index (χ1n) is 7.26. The third kappa shape index (κ3) is 2.59. The maximum Gasteiger partial charge on any atom is 0.113 e. The molecule has 1 aromatic heterocycles. The van der Waals surface area contributed by atoms with Gasteiger partial charge in [-0.25, -0.2) is 4.98 Å². The van der Waals surface area contributed by atoms with E-state index >= 15 is 0 Å². The number of rotatable bonds is 2. The number of thiazole rings is 1. The lowest BCUT2D eigenvalue weighted by Crippen LogP contribution is -2.42. The zero-order chi connectivity index (χ0) is 14.5. The van der Waals surface area contributed by atoms with Crippen molar-refractivity contribution in [2.24, 2.45) is 11.3 Å². The summed E-state index contributed by atoms with van der Waals surface area (Å²) in [5.74, 6) is 0.631. The number of nitrogens with zero attached hydrogens (tertiary/aromatic N) is 1. The zero-order valence-corrected chi connectivity index (χ0v) is 14.2. The first-order chi connectivity index (χ1) is 8.61. The molecule has 2 nitrogen and oxygen atoms in total. The van der Waals surface area contributed by atoms with Crippen molar-refractivity contribution in [2.45, 2.75) is 65.3 Å². The van der Waals surface area contributed by atoms with Crippen LogP contribution in [0, 0.1) is 11.3 Å². The molecule has 108 valence electrons. The minimum Gasteiger partial charge on any atom is -0.308 e. The van der Waals surface area contributed by atoms with E-state index < -0.39 is 0 Å². The van der Waals surface area contributed by atoms with E-state index in [0.717, 1.165) is 0 Å². The maximum absolute atomic E-state index is 4.98. The van der Waals surface area contributed by atoms with E-state index in [4.69, 9.17) is 4.98 Å². The Morgan fingerprint density at radius 2 is 2.00 bits per heavy atom. The SMILES string of the molecule is CNC1(c2nc(C(C)(C)C)cs2)CC(C)(C)CC1C. The van der Waals surface area contributed by atoms with Gasteiger partial charge in [0.25, 0.3) is 0 Å². The Labute approximate surface area is 122 Å². The fourth-order valence-corrected chi connectivity index (χ4v) is 4.92. The third-order valence-electron chi connectivity index (χ3n) is 4.56. The molecule has 1 saturated carbocycles. The molecule has 19 heavy (non-hydrogen) atoms. The fraction of sp³-hybridized carbons (Fsp3) is 0.812. The lowest BCUT2D eigenvalue weighted by Gasteiger charge is -2.32. The highest BCUT2D eigenvalue weighted by Gasteiger charge is 2.50. The summed E-state index contributed by atoms with van der Waals surface area (Å²) in [6.07, 6.45) is 2.44. The van der Waals surface area contributed by atoms with Gasteiger partial charge in [-0.1, -0.05) is 41.5 Å². The molecule has 0 aromatic carbocycles. The molecular formula is C16H28N2S. The Hall–Kier alpha value is -0.410. The van der Waals surface area contributed by atoms with Gasteiger partial charge >= 0.3 is 0 Å². The second kappa shape index (κ2) is 4.56. The minimum atomic E-state index is 0.0671. The van der Waals surface area contributed by atoms with Gasteiger partial charge < -0.3 is 5.32 Å². The van der Waals surface area contributed by atoms with Gasteiger partial charge in [-0.05, 0) is 31.2 Å². The summed E-state index contributed by atoms with van der Waals surface area (Å²) < 4.78 is 0. The smallest absolute Gasteiger partial charge is 0.113 e. The van der Waals surface area contributed by atoms with Crippen LogP contribution < -0.4 is 5.32 Å². The summed E-state index contributed by atoms with van der Waals surface area (Å²) in [6, 6.07) is 0. The summed E-state index contributed by atoms with van der Waals surface area (Å²) in [5.41, 5.74) is 1.83. The number of hydrogen-bond acceptors (Lipinski definition) is 3. The van der Waals surface area contributed by atoms with Crippen molar-refractivity contribution in [3.8, 4) is 0 Å². The van der Waals surface area contributed by atoms with Crippen LogP contribution in [-0.4, -0.2) is 12.0 Å². The Morgan fingerprint density at radius 1 is 1.37 bits per heavy atom. The quantitative estimate of drug-likeness (QED) is 0.873. The predicted molar refractivity (Wildman–Crippen MR) is 83.7 cm³/mol. The van der Waals surface area contributed by atoms with Crippen molar-refractivity contribution < 1.29 is 0 Å². The van der Waals surface area contributed by atoms with Gasteiger partial charge in [0.2, 0.25) is 0 Å². The van der Waals surface area contributed by atoms with Gasteiger partial charge in [0.05, 0.1) is 11.2 Å². The summed E-state index contributed by atoms with van der Waals surface area (Å²) in [7, 11) is 2.09. The van der Waals surface area contributed by atoms with E-state index in [-0.39, 0.29) is 11.0 Å². The van der Waals surface area contributed by atoms with Crippen LogP contribution in [0.1, 0.15) is 65.1 Å². The van der Waals surface area contributed by atoms with Crippen molar-refractivity contribution in [3.63, 3.8) is 0 Å². The summed E-state index contributed by atoms with van der Waals surface area (Å²) in [4.78, 5) is 4.98. The van der Waals surface area contributed by atoms with Crippen molar-refractivity contribution in [3.05, 3.63) is 16.1 Å². The molecule has 0 amide bonds. The zero-order valence-electron chi connectivity index (χ0n) is 13.4. The number of nitrogens with one attached hydrogen (secondary N) is 1. The van der Waals surface area contributed by atoms with Gasteiger partial charge in [-0.15, -0.1) is 11.3 Å². The second-order valence-electron chi connectivity index (χ2n) is 7.96. The molecule has 1 heterocycles. The molecule has 0 bridgehead atoms. The van der Waals surface area contributed by atoms with E-state index in [2.05, 4.69) is 59.3 Å². The Kier molecular flexibility index (Phi) is 3.60. The molecule has 2 rings (SSSR count). The van der Waals surface area contributed by atoms with Crippen LogP contribution in [0.4, 0.5) is 0 Å². The highest BCUT2D eigenvalue weighted by Crippen LogP contribution is 2.53. The molecule has 1 N–H and O–H groups in total. The molecule has 1 fully saturated rings. The van der Waals surface area contributed by atoms with Gasteiger partial charge in [0, 0.05) is 10.8 Å². The van der Waals surface area contributed by atoms with E-state index in [9.17, 15) is 0 Å². The molecule has 2 unspecified atom stereocenters. The normalized spacial score (nSPS) is 30.8. The molecule has 1 aliphatic rings. The standard InChI is InChI=1S/C16H28N2S/c1-11-8-15(5,6)10-16(11,17-7)13-18-12(9-19-13)14(2,3)4/h9,11,17H,8,10H2,1-7H3. The van der Waals surface area contributed by atoms with Crippen LogP contribution in [0.2, 0.25) is 0 Å². The van der Waals surface area contributed by atoms with Crippen LogP contribution in [0.5, 0.6) is 0 Å². The van der Waals surface area contributed by atoms with Gasteiger partial charge in [-0.3, -0.25) is 0 Å². The highest BCUT2D eigenvalue weighted by molar-refractivity contribution is 7.09. The topological polar surface area (TPSA) is 24.9 Å². The molecule has 0 saturated heterocycles. The molecule has 3 heteroatoms. The average Bonchev–Trinajstić information content (AvgIpc) is 2.80. The fourth-order valence-electron chi connectivity index (χ4n) is 3.56. The lowest BCUT2D eigenvalue weighted by molar-refractivity contribution is 0.269. The van der Waals surface area contributed by atoms with Crippen LogP contribution in [0.15, 0.2) is 5.38 Å². The monoisotopic (exact) mass is 280 g/mol. The van der Waals surface area contributed by atoms with Crippen LogP contribution >= 0.6 is 11.3 Å².